The minimum absolute atomic E-state index is 0.114. The minimum atomic E-state index is -3.22. The number of likely N-dealkylation sites (tertiary alicyclic amines) is 1. The molecule has 1 aromatic heterocycles. The summed E-state index contributed by atoms with van der Waals surface area (Å²) in [6.07, 6.45) is 2.38. The molecule has 0 aliphatic carbocycles. The molecule has 2 aliphatic rings. The van der Waals surface area contributed by atoms with E-state index in [0.717, 1.165) is 11.1 Å². The van der Waals surface area contributed by atoms with Gasteiger partial charge in [0.25, 0.3) is 11.8 Å². The van der Waals surface area contributed by atoms with E-state index < -0.39 is 21.6 Å². The van der Waals surface area contributed by atoms with Gasteiger partial charge in [-0.2, -0.15) is 0 Å². The fraction of sp³-hybridized carbons (Fsp3) is 0.533. The van der Waals surface area contributed by atoms with Crippen LogP contribution in [0.3, 0.4) is 0 Å². The lowest BCUT2D eigenvalue weighted by molar-refractivity contribution is -0.125. The summed E-state index contributed by atoms with van der Waals surface area (Å²) >= 11 is 1.33. The summed E-state index contributed by atoms with van der Waals surface area (Å²) in [4.78, 5) is 39.1. The SMILES string of the molecule is CS(=O)(=O)NCCc1ccc(C(=O)N2CCC3(CC2)NC(=O)NC3=O)s1. The number of rotatable bonds is 5. The van der Waals surface area contributed by atoms with Gasteiger partial charge >= 0.3 is 6.03 Å². The van der Waals surface area contributed by atoms with Crippen LogP contribution in [0.4, 0.5) is 4.79 Å². The number of hydrogen-bond donors (Lipinski definition) is 3. The third-order valence-corrected chi connectivity index (χ3v) is 6.39. The smallest absolute Gasteiger partial charge is 0.322 e. The number of nitrogens with one attached hydrogen (secondary N) is 3. The van der Waals surface area contributed by atoms with Gasteiger partial charge in [-0.1, -0.05) is 0 Å². The Balaban J connectivity index is 1.56. The van der Waals surface area contributed by atoms with Crippen molar-refractivity contribution < 1.29 is 22.8 Å². The van der Waals surface area contributed by atoms with E-state index in [-0.39, 0.29) is 18.4 Å². The molecular weight excluding hydrogens is 380 g/mol. The van der Waals surface area contributed by atoms with E-state index in [2.05, 4.69) is 15.4 Å². The molecular formula is C15H20N4O5S2. The van der Waals surface area contributed by atoms with Gasteiger partial charge in [0.2, 0.25) is 10.0 Å². The van der Waals surface area contributed by atoms with Crippen molar-refractivity contribution >= 4 is 39.2 Å². The molecule has 3 heterocycles. The summed E-state index contributed by atoms with van der Waals surface area (Å²) in [5.74, 6) is -0.441. The Morgan fingerprint density at radius 1 is 1.31 bits per heavy atom. The Bertz CT molecular complexity index is 840. The standard InChI is InChI=1S/C15H20N4O5S2/c1-26(23,24)16-7-4-10-2-3-11(25-10)12(20)19-8-5-15(6-9-19)13(21)17-14(22)18-15/h2-3,16H,4-9H2,1H3,(H2,17,18,21,22). The number of sulfonamides is 1. The number of imide groups is 1. The van der Waals surface area contributed by atoms with Crippen molar-refractivity contribution in [3.05, 3.63) is 21.9 Å². The molecule has 11 heteroatoms. The first-order valence-corrected chi connectivity index (χ1v) is 10.9. The molecule has 0 aromatic carbocycles. The fourth-order valence-corrected chi connectivity index (χ4v) is 4.56. The number of thiophene rings is 1. The first-order valence-electron chi connectivity index (χ1n) is 8.15. The Morgan fingerprint density at radius 2 is 2.00 bits per heavy atom. The number of carbonyl (C=O) groups excluding carboxylic acids is 3. The van der Waals surface area contributed by atoms with Crippen molar-refractivity contribution in [2.24, 2.45) is 0 Å². The van der Waals surface area contributed by atoms with Gasteiger partial charge in [0.15, 0.2) is 0 Å². The molecule has 2 aliphatic heterocycles. The number of piperidine rings is 1. The molecule has 2 fully saturated rings. The van der Waals surface area contributed by atoms with Gasteiger partial charge < -0.3 is 10.2 Å². The summed E-state index contributed by atoms with van der Waals surface area (Å²) < 4.78 is 24.6. The van der Waals surface area contributed by atoms with Gasteiger partial charge in [-0.25, -0.2) is 17.9 Å². The van der Waals surface area contributed by atoms with Crippen molar-refractivity contribution in [2.45, 2.75) is 24.8 Å². The highest BCUT2D eigenvalue weighted by Crippen LogP contribution is 2.27. The maximum Gasteiger partial charge on any atom is 0.322 e. The van der Waals surface area contributed by atoms with Crippen LogP contribution in [0, 0.1) is 0 Å². The lowest BCUT2D eigenvalue weighted by Gasteiger charge is -2.36. The Kier molecular flexibility index (Phi) is 5.04. The molecule has 0 saturated carbocycles. The Morgan fingerprint density at radius 3 is 2.58 bits per heavy atom. The molecule has 1 spiro atoms. The second kappa shape index (κ2) is 6.97. The maximum absolute atomic E-state index is 12.6. The first-order chi connectivity index (χ1) is 12.2. The average Bonchev–Trinajstić information content (AvgIpc) is 3.12. The number of nitrogens with zero attached hydrogens (tertiary/aromatic N) is 1. The van der Waals surface area contributed by atoms with E-state index in [1.165, 1.54) is 11.3 Å². The van der Waals surface area contributed by atoms with E-state index in [0.29, 0.717) is 37.2 Å². The summed E-state index contributed by atoms with van der Waals surface area (Å²) in [6.45, 7) is 1.05. The van der Waals surface area contributed by atoms with E-state index in [4.69, 9.17) is 0 Å². The van der Waals surface area contributed by atoms with Crippen LogP contribution < -0.4 is 15.4 Å². The molecule has 142 valence electrons. The van der Waals surface area contributed by atoms with Crippen molar-refractivity contribution in [2.75, 3.05) is 25.9 Å². The van der Waals surface area contributed by atoms with Gasteiger partial charge in [0, 0.05) is 24.5 Å². The van der Waals surface area contributed by atoms with Gasteiger partial charge in [0.1, 0.15) is 5.54 Å². The normalized spacial score (nSPS) is 19.5. The van der Waals surface area contributed by atoms with Crippen molar-refractivity contribution in [1.29, 1.82) is 0 Å². The lowest BCUT2D eigenvalue weighted by atomic mass is 9.87. The topological polar surface area (TPSA) is 125 Å². The predicted molar refractivity (Wildman–Crippen MR) is 95.4 cm³/mol. The maximum atomic E-state index is 12.6. The molecule has 0 bridgehead atoms. The summed E-state index contributed by atoms with van der Waals surface area (Å²) in [5.41, 5.74) is -0.897. The lowest BCUT2D eigenvalue weighted by Crippen LogP contribution is -2.55. The van der Waals surface area contributed by atoms with Gasteiger partial charge in [-0.15, -0.1) is 11.3 Å². The molecule has 3 rings (SSSR count). The Labute approximate surface area is 155 Å². The summed E-state index contributed by atoms with van der Waals surface area (Å²) in [6, 6.07) is 3.06. The average molecular weight is 400 g/mol. The molecule has 0 unspecified atom stereocenters. The largest absolute Gasteiger partial charge is 0.338 e. The third-order valence-electron chi connectivity index (χ3n) is 4.53. The molecule has 0 atom stereocenters. The van der Waals surface area contributed by atoms with E-state index in [9.17, 15) is 22.8 Å². The van der Waals surface area contributed by atoms with Crippen LogP contribution in [0.15, 0.2) is 12.1 Å². The number of hydrogen-bond acceptors (Lipinski definition) is 6. The number of carbonyl (C=O) groups is 3. The molecule has 0 radical (unpaired) electrons. The third kappa shape index (κ3) is 4.05. The summed E-state index contributed by atoms with van der Waals surface area (Å²) in [5, 5.41) is 4.91. The van der Waals surface area contributed by atoms with E-state index in [1.54, 1.807) is 11.0 Å². The van der Waals surface area contributed by atoms with Gasteiger partial charge in [-0.05, 0) is 31.4 Å². The molecule has 26 heavy (non-hydrogen) atoms. The second-order valence-corrected chi connectivity index (χ2v) is 9.47. The van der Waals surface area contributed by atoms with Crippen LogP contribution in [0.25, 0.3) is 0 Å². The minimum Gasteiger partial charge on any atom is -0.338 e. The van der Waals surface area contributed by atoms with E-state index in [1.807, 2.05) is 6.07 Å². The number of urea groups is 1. The fourth-order valence-electron chi connectivity index (χ4n) is 3.11. The highest BCUT2D eigenvalue weighted by atomic mass is 32.2. The van der Waals surface area contributed by atoms with Crippen LogP contribution in [0.5, 0.6) is 0 Å². The second-order valence-electron chi connectivity index (χ2n) is 6.47. The molecule has 2 saturated heterocycles. The summed E-state index contributed by atoms with van der Waals surface area (Å²) in [7, 11) is -3.22. The van der Waals surface area contributed by atoms with Crippen molar-refractivity contribution in [3.63, 3.8) is 0 Å². The zero-order chi connectivity index (χ0) is 18.9. The molecule has 9 nitrogen and oxygen atoms in total. The van der Waals surface area contributed by atoms with Crippen LogP contribution in [-0.2, 0) is 21.2 Å². The van der Waals surface area contributed by atoms with Gasteiger partial charge in [-0.3, -0.25) is 14.9 Å². The van der Waals surface area contributed by atoms with Crippen LogP contribution in [0.1, 0.15) is 27.4 Å². The zero-order valence-electron chi connectivity index (χ0n) is 14.2. The van der Waals surface area contributed by atoms with Crippen LogP contribution in [0.2, 0.25) is 0 Å². The Hall–Kier alpha value is -1.98. The van der Waals surface area contributed by atoms with Crippen molar-refractivity contribution in [3.8, 4) is 0 Å². The van der Waals surface area contributed by atoms with Crippen molar-refractivity contribution in [1.82, 2.24) is 20.3 Å². The molecule has 3 N–H and O–H groups in total. The highest BCUT2D eigenvalue weighted by Gasteiger charge is 2.48. The van der Waals surface area contributed by atoms with Crippen LogP contribution >= 0.6 is 11.3 Å². The van der Waals surface area contributed by atoms with E-state index >= 15 is 0 Å². The predicted octanol–water partition coefficient (Wildman–Crippen LogP) is -0.346. The molecule has 1 aromatic rings. The number of amides is 4. The monoisotopic (exact) mass is 400 g/mol. The van der Waals surface area contributed by atoms with Crippen LogP contribution in [-0.4, -0.2) is 62.6 Å². The first kappa shape index (κ1) is 18.8. The quantitative estimate of drug-likeness (QED) is 0.583. The molecule has 4 amide bonds. The zero-order valence-corrected chi connectivity index (χ0v) is 15.8. The van der Waals surface area contributed by atoms with Gasteiger partial charge in [0.05, 0.1) is 11.1 Å². The highest BCUT2D eigenvalue weighted by molar-refractivity contribution is 7.88.